The van der Waals surface area contributed by atoms with E-state index in [1.807, 2.05) is 37.8 Å². The highest BCUT2D eigenvalue weighted by Crippen LogP contribution is 2.23. The van der Waals surface area contributed by atoms with Gasteiger partial charge in [0.15, 0.2) is 9.84 Å². The van der Waals surface area contributed by atoms with Crippen molar-refractivity contribution in [1.29, 1.82) is 0 Å². The Balaban J connectivity index is 1.73. The van der Waals surface area contributed by atoms with Crippen LogP contribution in [0.5, 0.6) is 0 Å². The molecule has 144 valence electrons. The van der Waals surface area contributed by atoms with E-state index in [0.717, 1.165) is 16.8 Å². The fourth-order valence-electron chi connectivity index (χ4n) is 3.57. The van der Waals surface area contributed by atoms with Gasteiger partial charge < -0.3 is 10.2 Å². The Morgan fingerprint density at radius 2 is 1.93 bits per heavy atom. The number of nitrogens with one attached hydrogen (secondary N) is 1. The third kappa shape index (κ3) is 4.66. The van der Waals surface area contributed by atoms with E-state index < -0.39 is 9.84 Å². The molecule has 0 spiro atoms. The molecule has 0 aliphatic carbocycles. The molecule has 1 amide bonds. The smallest absolute Gasteiger partial charge is 0.257 e. The third-order valence-electron chi connectivity index (χ3n) is 4.77. The minimum absolute atomic E-state index is 0.0533. The van der Waals surface area contributed by atoms with Crippen molar-refractivity contribution in [2.45, 2.75) is 33.2 Å². The van der Waals surface area contributed by atoms with Crippen LogP contribution in [0.25, 0.3) is 0 Å². The zero-order chi connectivity index (χ0) is 19.6. The van der Waals surface area contributed by atoms with Crippen molar-refractivity contribution < 1.29 is 13.2 Å². The molecule has 2 aromatic rings. The van der Waals surface area contributed by atoms with Gasteiger partial charge in [-0.1, -0.05) is 6.07 Å². The number of sulfone groups is 1. The predicted octanol–water partition coefficient (Wildman–Crippen LogP) is 2.96. The highest BCUT2D eigenvalue weighted by molar-refractivity contribution is 7.91. The fourth-order valence-corrected chi connectivity index (χ4v) is 5.30. The highest BCUT2D eigenvalue weighted by atomic mass is 32.2. The molecule has 3 rings (SSSR count). The monoisotopic (exact) mass is 387 g/mol. The first-order valence-electron chi connectivity index (χ1n) is 9.10. The van der Waals surface area contributed by atoms with Crippen molar-refractivity contribution in [3.63, 3.8) is 0 Å². The van der Waals surface area contributed by atoms with E-state index in [9.17, 15) is 13.2 Å². The van der Waals surface area contributed by atoms with Crippen LogP contribution in [0, 0.1) is 13.8 Å². The van der Waals surface area contributed by atoms with Crippen LogP contribution >= 0.6 is 0 Å². The first-order valence-corrected chi connectivity index (χ1v) is 10.9. The Bertz CT molecular complexity index is 919. The summed E-state index contributed by atoms with van der Waals surface area (Å²) in [6.45, 7) is 6.62. The lowest BCUT2D eigenvalue weighted by molar-refractivity contribution is 0.102. The minimum Gasteiger partial charge on any atom is -0.353 e. The summed E-state index contributed by atoms with van der Waals surface area (Å²) >= 11 is 0. The van der Waals surface area contributed by atoms with E-state index in [0.29, 0.717) is 24.3 Å². The number of hydrogen-bond donors (Lipinski definition) is 1. The fraction of sp³-hybridized carbons (Fsp3) is 0.400. The molecule has 2 heterocycles. The summed E-state index contributed by atoms with van der Waals surface area (Å²) in [7, 11) is -2.96. The van der Waals surface area contributed by atoms with E-state index in [2.05, 4.69) is 16.4 Å². The second kappa shape index (κ2) is 7.68. The maximum absolute atomic E-state index is 12.5. The average molecular weight is 388 g/mol. The van der Waals surface area contributed by atoms with Crippen LogP contribution in [0.1, 0.15) is 34.8 Å². The number of amides is 1. The summed E-state index contributed by atoms with van der Waals surface area (Å²) in [5, 5.41) is 2.90. The van der Waals surface area contributed by atoms with Gasteiger partial charge in [0.05, 0.1) is 17.1 Å². The molecule has 1 fully saturated rings. The molecule has 1 aromatic carbocycles. The second-order valence-electron chi connectivity index (χ2n) is 7.08. The standard InChI is InChI=1S/C20H25N3O3S/c1-4-23(18-7-8-27(25,26)13-18)19-6-5-16(12-21-19)20(24)22-17-10-14(2)9-15(3)11-17/h5-6,9-12,18H,4,7-8,13H2,1-3H3,(H,22,24). The van der Waals surface area contributed by atoms with E-state index in [1.165, 1.54) is 0 Å². The molecule has 1 aliphatic rings. The lowest BCUT2D eigenvalue weighted by Gasteiger charge is -2.27. The van der Waals surface area contributed by atoms with Crippen molar-refractivity contribution in [2.75, 3.05) is 28.3 Å². The summed E-state index contributed by atoms with van der Waals surface area (Å²) < 4.78 is 23.5. The molecule has 1 aromatic heterocycles. The van der Waals surface area contributed by atoms with Crippen molar-refractivity contribution >= 4 is 27.2 Å². The largest absolute Gasteiger partial charge is 0.353 e. The van der Waals surface area contributed by atoms with Gasteiger partial charge in [-0.25, -0.2) is 13.4 Å². The Labute approximate surface area is 160 Å². The van der Waals surface area contributed by atoms with E-state index in [1.54, 1.807) is 18.3 Å². The van der Waals surface area contributed by atoms with Gasteiger partial charge in [0.1, 0.15) is 5.82 Å². The van der Waals surface area contributed by atoms with Gasteiger partial charge in [0, 0.05) is 24.5 Å². The molecule has 1 atom stereocenters. The number of hydrogen-bond acceptors (Lipinski definition) is 5. The molecule has 0 bridgehead atoms. The van der Waals surface area contributed by atoms with Gasteiger partial charge in [-0.05, 0) is 62.6 Å². The SMILES string of the molecule is CCN(c1ccc(C(=O)Nc2cc(C)cc(C)c2)cn1)C1CCS(=O)(=O)C1. The quantitative estimate of drug-likeness (QED) is 0.853. The minimum atomic E-state index is -2.96. The number of aryl methyl sites for hydroxylation is 2. The van der Waals surface area contributed by atoms with Crippen LogP contribution in [0.3, 0.4) is 0 Å². The maximum atomic E-state index is 12.5. The van der Waals surface area contributed by atoms with Crippen LogP contribution in [0.2, 0.25) is 0 Å². The first-order chi connectivity index (χ1) is 12.8. The lowest BCUT2D eigenvalue weighted by atomic mass is 10.1. The molecule has 1 N–H and O–H groups in total. The number of carbonyl (C=O) groups is 1. The molecule has 0 radical (unpaired) electrons. The lowest BCUT2D eigenvalue weighted by Crippen LogP contribution is -2.36. The van der Waals surface area contributed by atoms with Crippen molar-refractivity contribution in [3.8, 4) is 0 Å². The van der Waals surface area contributed by atoms with E-state index in [4.69, 9.17) is 0 Å². The zero-order valence-electron chi connectivity index (χ0n) is 15.9. The normalized spacial score (nSPS) is 18.3. The van der Waals surface area contributed by atoms with E-state index in [-0.39, 0.29) is 23.5 Å². The third-order valence-corrected chi connectivity index (χ3v) is 6.52. The zero-order valence-corrected chi connectivity index (χ0v) is 16.7. The van der Waals surface area contributed by atoms with Gasteiger partial charge in [-0.15, -0.1) is 0 Å². The van der Waals surface area contributed by atoms with Gasteiger partial charge >= 0.3 is 0 Å². The number of rotatable bonds is 5. The number of pyridine rings is 1. The molecule has 1 saturated heterocycles. The molecule has 1 unspecified atom stereocenters. The summed E-state index contributed by atoms with van der Waals surface area (Å²) in [5.41, 5.74) is 3.40. The topological polar surface area (TPSA) is 79.4 Å². The summed E-state index contributed by atoms with van der Waals surface area (Å²) in [6, 6.07) is 9.35. The summed E-state index contributed by atoms with van der Waals surface area (Å²) in [4.78, 5) is 18.9. The van der Waals surface area contributed by atoms with Gasteiger partial charge in [-0.2, -0.15) is 0 Å². The van der Waals surface area contributed by atoms with Crippen LogP contribution in [-0.4, -0.2) is 43.4 Å². The average Bonchev–Trinajstić information content (AvgIpc) is 2.95. The van der Waals surface area contributed by atoms with Gasteiger partial charge in [-0.3, -0.25) is 4.79 Å². The Morgan fingerprint density at radius 1 is 1.22 bits per heavy atom. The van der Waals surface area contributed by atoms with Crippen LogP contribution in [0.15, 0.2) is 36.5 Å². The van der Waals surface area contributed by atoms with Crippen LogP contribution in [0.4, 0.5) is 11.5 Å². The van der Waals surface area contributed by atoms with Crippen LogP contribution < -0.4 is 10.2 Å². The van der Waals surface area contributed by atoms with Crippen molar-refractivity contribution in [3.05, 3.63) is 53.2 Å². The summed E-state index contributed by atoms with van der Waals surface area (Å²) in [5.74, 6) is 0.871. The number of benzene rings is 1. The van der Waals surface area contributed by atoms with Crippen LogP contribution in [-0.2, 0) is 9.84 Å². The van der Waals surface area contributed by atoms with E-state index >= 15 is 0 Å². The Morgan fingerprint density at radius 3 is 2.44 bits per heavy atom. The number of nitrogens with zero attached hydrogens (tertiary/aromatic N) is 2. The molecule has 27 heavy (non-hydrogen) atoms. The Hall–Kier alpha value is -2.41. The number of anilines is 2. The predicted molar refractivity (Wildman–Crippen MR) is 108 cm³/mol. The molecule has 1 aliphatic heterocycles. The first kappa shape index (κ1) is 19.4. The molecular weight excluding hydrogens is 362 g/mol. The molecule has 7 heteroatoms. The number of aromatic nitrogens is 1. The molecule has 0 saturated carbocycles. The van der Waals surface area contributed by atoms with Gasteiger partial charge in [0.25, 0.3) is 5.91 Å². The number of carbonyl (C=O) groups excluding carboxylic acids is 1. The van der Waals surface area contributed by atoms with Crippen molar-refractivity contribution in [2.24, 2.45) is 0 Å². The molecular formula is C20H25N3O3S. The van der Waals surface area contributed by atoms with Gasteiger partial charge in [0.2, 0.25) is 0 Å². The highest BCUT2D eigenvalue weighted by Gasteiger charge is 2.32. The summed E-state index contributed by atoms with van der Waals surface area (Å²) in [6.07, 6.45) is 2.16. The van der Waals surface area contributed by atoms with Crippen molar-refractivity contribution in [1.82, 2.24) is 4.98 Å². The second-order valence-corrected chi connectivity index (χ2v) is 9.31. The molecule has 6 nitrogen and oxygen atoms in total. The Kier molecular flexibility index (Phi) is 5.51. The maximum Gasteiger partial charge on any atom is 0.257 e.